The van der Waals surface area contributed by atoms with Gasteiger partial charge in [-0.05, 0) is 12.0 Å². The molecule has 0 spiro atoms. The number of nitrogens with zero attached hydrogens (tertiary/aromatic N) is 1. The van der Waals surface area contributed by atoms with Crippen molar-refractivity contribution in [3.8, 4) is 6.07 Å². The van der Waals surface area contributed by atoms with Gasteiger partial charge in [-0.15, -0.1) is 0 Å². The highest BCUT2D eigenvalue weighted by atomic mass is 16.5. The second-order valence-corrected chi connectivity index (χ2v) is 4.30. The number of hydrogen-bond donors (Lipinski definition) is 0. The van der Waals surface area contributed by atoms with Crippen LogP contribution >= 0.6 is 0 Å². The average molecular weight is 231 g/mol. The highest BCUT2D eigenvalue weighted by molar-refractivity contribution is 5.13. The van der Waals surface area contributed by atoms with Crippen molar-refractivity contribution in [2.24, 2.45) is 0 Å². The van der Waals surface area contributed by atoms with Crippen LogP contribution in [0, 0.1) is 11.3 Å². The Labute approximate surface area is 102 Å². The van der Waals surface area contributed by atoms with Gasteiger partial charge in [0.25, 0.3) is 0 Å². The fourth-order valence-corrected chi connectivity index (χ4v) is 2.03. The van der Waals surface area contributed by atoms with Crippen molar-refractivity contribution in [2.45, 2.75) is 38.1 Å². The molecular weight excluding hydrogens is 214 g/mol. The molecule has 2 rings (SSSR count). The smallest absolute Gasteiger partial charge is 0.0729 e. The van der Waals surface area contributed by atoms with Gasteiger partial charge in [-0.1, -0.05) is 30.3 Å². The number of rotatable bonds is 4. The molecule has 0 bridgehead atoms. The molecule has 0 N–H and O–H groups in total. The van der Waals surface area contributed by atoms with E-state index in [2.05, 4.69) is 18.2 Å². The molecule has 17 heavy (non-hydrogen) atoms. The Kier molecular flexibility index (Phi) is 4.54. The number of ether oxygens (including phenoxy) is 2. The average Bonchev–Trinajstić information content (AvgIpc) is 2.39. The van der Waals surface area contributed by atoms with Gasteiger partial charge >= 0.3 is 0 Å². The van der Waals surface area contributed by atoms with Crippen molar-refractivity contribution in [3.63, 3.8) is 0 Å². The molecule has 0 unspecified atom stereocenters. The molecule has 1 fully saturated rings. The molecule has 90 valence electrons. The third-order valence-corrected chi connectivity index (χ3v) is 2.97. The lowest BCUT2D eigenvalue weighted by Crippen LogP contribution is -2.30. The SMILES string of the molecule is N#CC[C@@H]1C[C@@H](OCc2ccccc2)CCO1. The molecule has 1 aromatic rings. The zero-order chi connectivity index (χ0) is 11.9. The molecule has 0 amide bonds. The molecule has 1 aliphatic rings. The summed E-state index contributed by atoms with van der Waals surface area (Å²) in [7, 11) is 0. The fourth-order valence-electron chi connectivity index (χ4n) is 2.03. The molecule has 1 aliphatic heterocycles. The predicted molar refractivity (Wildman–Crippen MR) is 64.2 cm³/mol. The fraction of sp³-hybridized carbons (Fsp3) is 0.500. The normalized spacial score (nSPS) is 24.2. The predicted octanol–water partition coefficient (Wildman–Crippen LogP) is 2.66. The molecule has 0 radical (unpaired) electrons. The second kappa shape index (κ2) is 6.39. The quantitative estimate of drug-likeness (QED) is 0.800. The van der Waals surface area contributed by atoms with Crippen LogP contribution in [0.1, 0.15) is 24.8 Å². The summed E-state index contributed by atoms with van der Waals surface area (Å²) in [6.45, 7) is 1.34. The van der Waals surface area contributed by atoms with E-state index in [9.17, 15) is 0 Å². The van der Waals surface area contributed by atoms with Gasteiger partial charge < -0.3 is 9.47 Å². The molecule has 1 heterocycles. The Bertz CT molecular complexity index is 372. The van der Waals surface area contributed by atoms with E-state index < -0.39 is 0 Å². The van der Waals surface area contributed by atoms with Gasteiger partial charge in [0.1, 0.15) is 0 Å². The maximum Gasteiger partial charge on any atom is 0.0729 e. The van der Waals surface area contributed by atoms with Crippen LogP contribution in [-0.2, 0) is 16.1 Å². The highest BCUT2D eigenvalue weighted by Crippen LogP contribution is 2.20. The van der Waals surface area contributed by atoms with Gasteiger partial charge in [0.15, 0.2) is 0 Å². The minimum absolute atomic E-state index is 0.0505. The van der Waals surface area contributed by atoms with Gasteiger partial charge in [0, 0.05) is 13.0 Å². The van der Waals surface area contributed by atoms with Crippen LogP contribution in [0.25, 0.3) is 0 Å². The number of benzene rings is 1. The van der Waals surface area contributed by atoms with Gasteiger partial charge in [-0.3, -0.25) is 0 Å². The number of hydrogen-bond acceptors (Lipinski definition) is 3. The van der Waals surface area contributed by atoms with Crippen LogP contribution in [0.5, 0.6) is 0 Å². The minimum Gasteiger partial charge on any atom is -0.377 e. The van der Waals surface area contributed by atoms with Crippen LogP contribution in [0.15, 0.2) is 30.3 Å². The van der Waals surface area contributed by atoms with E-state index in [1.165, 1.54) is 5.56 Å². The molecular formula is C14H17NO2. The molecule has 0 aromatic heterocycles. The Balaban J connectivity index is 1.78. The molecule has 1 saturated heterocycles. The highest BCUT2D eigenvalue weighted by Gasteiger charge is 2.22. The first-order chi connectivity index (χ1) is 8.38. The number of nitriles is 1. The topological polar surface area (TPSA) is 42.2 Å². The van der Waals surface area contributed by atoms with E-state index in [0.29, 0.717) is 19.6 Å². The summed E-state index contributed by atoms with van der Waals surface area (Å²) in [5.74, 6) is 0. The van der Waals surface area contributed by atoms with Crippen LogP contribution < -0.4 is 0 Å². The summed E-state index contributed by atoms with van der Waals surface area (Å²) in [4.78, 5) is 0. The lowest BCUT2D eigenvalue weighted by molar-refractivity contribution is -0.0757. The first kappa shape index (κ1) is 12.1. The van der Waals surface area contributed by atoms with Crippen LogP contribution in [0.2, 0.25) is 0 Å². The van der Waals surface area contributed by atoms with Crippen LogP contribution in [0.3, 0.4) is 0 Å². The Hall–Kier alpha value is -1.37. The van der Waals surface area contributed by atoms with E-state index in [-0.39, 0.29) is 12.2 Å². The van der Waals surface area contributed by atoms with E-state index in [1.54, 1.807) is 0 Å². The summed E-state index contributed by atoms with van der Waals surface area (Å²) < 4.78 is 11.4. The maximum atomic E-state index is 8.64. The largest absolute Gasteiger partial charge is 0.377 e. The summed E-state index contributed by atoms with van der Waals surface area (Å²) in [6, 6.07) is 12.3. The lowest BCUT2D eigenvalue weighted by atomic mass is 10.0. The standard InChI is InChI=1S/C14H17NO2/c15-8-6-13-10-14(7-9-16-13)17-11-12-4-2-1-3-5-12/h1-5,13-14H,6-7,9-11H2/t13-,14+/m1/s1. The van der Waals surface area contributed by atoms with Gasteiger partial charge in [-0.2, -0.15) is 5.26 Å². The van der Waals surface area contributed by atoms with Crippen molar-refractivity contribution in [1.82, 2.24) is 0 Å². The minimum atomic E-state index is 0.0505. The first-order valence-electron chi connectivity index (χ1n) is 6.02. The zero-order valence-corrected chi connectivity index (χ0v) is 9.84. The summed E-state index contributed by atoms with van der Waals surface area (Å²) in [5, 5.41) is 8.64. The van der Waals surface area contributed by atoms with Crippen LogP contribution in [-0.4, -0.2) is 18.8 Å². The van der Waals surface area contributed by atoms with E-state index in [1.807, 2.05) is 18.2 Å². The molecule has 3 nitrogen and oxygen atoms in total. The van der Waals surface area contributed by atoms with Gasteiger partial charge in [0.2, 0.25) is 0 Å². The van der Waals surface area contributed by atoms with E-state index in [0.717, 1.165) is 12.8 Å². The van der Waals surface area contributed by atoms with E-state index >= 15 is 0 Å². The molecule has 0 aliphatic carbocycles. The van der Waals surface area contributed by atoms with Crippen molar-refractivity contribution < 1.29 is 9.47 Å². The summed E-state index contributed by atoms with van der Waals surface area (Å²) in [5.41, 5.74) is 1.19. The third kappa shape index (κ3) is 3.85. The molecule has 2 atom stereocenters. The Morgan fingerprint density at radius 2 is 2.18 bits per heavy atom. The Morgan fingerprint density at radius 3 is 2.94 bits per heavy atom. The summed E-state index contributed by atoms with van der Waals surface area (Å²) >= 11 is 0. The van der Waals surface area contributed by atoms with Crippen molar-refractivity contribution in [2.75, 3.05) is 6.61 Å². The molecule has 0 saturated carbocycles. The lowest BCUT2D eigenvalue weighted by Gasteiger charge is -2.28. The molecule has 3 heteroatoms. The van der Waals surface area contributed by atoms with Crippen molar-refractivity contribution in [3.05, 3.63) is 35.9 Å². The monoisotopic (exact) mass is 231 g/mol. The van der Waals surface area contributed by atoms with Gasteiger partial charge in [0.05, 0.1) is 31.3 Å². The Morgan fingerprint density at radius 1 is 1.35 bits per heavy atom. The second-order valence-electron chi connectivity index (χ2n) is 4.30. The third-order valence-electron chi connectivity index (χ3n) is 2.97. The molecule has 1 aromatic carbocycles. The van der Waals surface area contributed by atoms with Crippen molar-refractivity contribution in [1.29, 1.82) is 5.26 Å². The maximum absolute atomic E-state index is 8.64. The van der Waals surface area contributed by atoms with Gasteiger partial charge in [-0.25, -0.2) is 0 Å². The van der Waals surface area contributed by atoms with E-state index in [4.69, 9.17) is 14.7 Å². The van der Waals surface area contributed by atoms with Crippen LogP contribution in [0.4, 0.5) is 0 Å². The summed E-state index contributed by atoms with van der Waals surface area (Å²) in [6.07, 6.45) is 2.50. The van der Waals surface area contributed by atoms with Crippen molar-refractivity contribution >= 4 is 0 Å². The first-order valence-corrected chi connectivity index (χ1v) is 6.02. The zero-order valence-electron chi connectivity index (χ0n) is 9.84.